The summed E-state index contributed by atoms with van der Waals surface area (Å²) in [6, 6.07) is 19.2. The zero-order valence-electron chi connectivity index (χ0n) is 26.5. The predicted octanol–water partition coefficient (Wildman–Crippen LogP) is 9.36. The number of carboxylic acids is 1. The number of nitrogens with zero attached hydrogens (tertiary/aromatic N) is 2. The van der Waals surface area contributed by atoms with Gasteiger partial charge in [0.05, 0.1) is 12.2 Å². The molecule has 3 aromatic carbocycles. The molecule has 1 aliphatic carbocycles. The Morgan fingerprint density at radius 1 is 0.851 bits per heavy atom. The number of carboxylic acid groups (broad SMARTS) is 1. The maximum absolute atomic E-state index is 13.1. The number of ether oxygens (including phenoxy) is 1. The van der Waals surface area contributed by atoms with Crippen molar-refractivity contribution in [3.05, 3.63) is 107 Å². The number of allylic oxidation sites excluding steroid dienone is 1. The molecule has 4 aromatic rings. The number of hydrogen-bond acceptors (Lipinski definition) is 5. The van der Waals surface area contributed by atoms with Crippen molar-refractivity contribution in [1.82, 2.24) is 15.3 Å². The van der Waals surface area contributed by atoms with Crippen LogP contribution in [0.2, 0.25) is 0 Å². The van der Waals surface area contributed by atoms with E-state index in [1.807, 2.05) is 48.5 Å². The minimum Gasteiger partial charge on any atom is -0.494 e. The fraction of sp³-hybridized carbons (Fsp3) is 0.342. The van der Waals surface area contributed by atoms with Crippen LogP contribution in [0, 0.1) is 0 Å². The molecule has 1 fully saturated rings. The van der Waals surface area contributed by atoms with Crippen molar-refractivity contribution < 1.29 is 27.8 Å². The van der Waals surface area contributed by atoms with Crippen LogP contribution in [0.1, 0.15) is 75.0 Å². The Bertz CT molecular complexity index is 1630. The summed E-state index contributed by atoms with van der Waals surface area (Å²) < 4.78 is 45.2. The van der Waals surface area contributed by atoms with E-state index >= 15 is 0 Å². The first kappa shape index (κ1) is 33.7. The summed E-state index contributed by atoms with van der Waals surface area (Å²) >= 11 is 0. The number of unbranched alkanes of at least 4 members (excludes halogenated alkanes) is 4. The summed E-state index contributed by atoms with van der Waals surface area (Å²) in [4.78, 5) is 21.4. The zero-order valence-corrected chi connectivity index (χ0v) is 26.5. The van der Waals surface area contributed by atoms with Crippen LogP contribution in [-0.4, -0.2) is 33.7 Å². The highest BCUT2D eigenvalue weighted by Crippen LogP contribution is 2.35. The molecule has 1 aliphatic rings. The van der Waals surface area contributed by atoms with Crippen LogP contribution in [0.4, 0.5) is 13.2 Å². The number of alkyl halides is 3. The lowest BCUT2D eigenvalue weighted by Crippen LogP contribution is -2.38. The second kappa shape index (κ2) is 15.8. The van der Waals surface area contributed by atoms with Crippen LogP contribution in [0.25, 0.3) is 28.2 Å². The number of rotatable bonds is 15. The molecule has 9 heteroatoms. The topological polar surface area (TPSA) is 84.3 Å². The molecule has 0 amide bonds. The molecule has 2 N–H and O–H groups in total. The van der Waals surface area contributed by atoms with Gasteiger partial charge in [-0.2, -0.15) is 13.2 Å². The number of nitrogens with one attached hydrogen (secondary N) is 1. The Morgan fingerprint density at radius 3 is 2.06 bits per heavy atom. The Labute approximate surface area is 273 Å². The lowest BCUT2D eigenvalue weighted by molar-refractivity contribution is -0.139. The zero-order chi connectivity index (χ0) is 33.2. The van der Waals surface area contributed by atoms with Crippen molar-refractivity contribution in [3.63, 3.8) is 0 Å². The van der Waals surface area contributed by atoms with Crippen molar-refractivity contribution in [3.8, 4) is 28.3 Å². The quantitative estimate of drug-likeness (QED) is 0.126. The molecule has 1 saturated carbocycles. The van der Waals surface area contributed by atoms with Crippen LogP contribution >= 0.6 is 0 Å². The monoisotopic (exact) mass is 643 g/mol. The molecule has 0 aliphatic heterocycles. The van der Waals surface area contributed by atoms with Gasteiger partial charge in [0.2, 0.25) is 0 Å². The normalized spacial score (nSPS) is 13.5. The summed E-state index contributed by atoms with van der Waals surface area (Å²) in [5.41, 5.74) is 4.89. The van der Waals surface area contributed by atoms with Gasteiger partial charge in [-0.05, 0) is 72.2 Å². The lowest BCUT2D eigenvalue weighted by Gasteiger charge is -2.26. The predicted molar refractivity (Wildman–Crippen MR) is 178 cm³/mol. The summed E-state index contributed by atoms with van der Waals surface area (Å²) in [5.74, 6) is 0.354. The van der Waals surface area contributed by atoms with E-state index in [-0.39, 0.29) is 6.42 Å². The minimum absolute atomic E-state index is 0.186. The van der Waals surface area contributed by atoms with Gasteiger partial charge in [0.15, 0.2) is 5.82 Å². The molecular formula is C38H40F3N3O3. The van der Waals surface area contributed by atoms with Crippen LogP contribution < -0.4 is 10.1 Å². The van der Waals surface area contributed by atoms with Gasteiger partial charge in [-0.3, -0.25) is 0 Å². The number of aromatic nitrogens is 2. The van der Waals surface area contributed by atoms with E-state index in [1.54, 1.807) is 12.4 Å². The van der Waals surface area contributed by atoms with Gasteiger partial charge in [0.1, 0.15) is 11.8 Å². The highest BCUT2D eigenvalue weighted by Gasteiger charge is 2.30. The van der Waals surface area contributed by atoms with Crippen LogP contribution in [-0.2, 0) is 17.4 Å². The molecule has 246 valence electrons. The van der Waals surface area contributed by atoms with Gasteiger partial charge in [-0.25, -0.2) is 14.8 Å². The number of benzene rings is 3. The molecule has 47 heavy (non-hydrogen) atoms. The number of carbonyl (C=O) groups is 1. The Hall–Kier alpha value is -4.66. The summed E-state index contributed by atoms with van der Waals surface area (Å²) in [7, 11) is 0. The third-order valence-electron chi connectivity index (χ3n) is 8.44. The third kappa shape index (κ3) is 9.21. The van der Waals surface area contributed by atoms with E-state index in [4.69, 9.17) is 4.74 Å². The fourth-order valence-electron chi connectivity index (χ4n) is 5.48. The standard InChI is InChI=1S/C38H40F3N3O3/c1-2-3-4-5-6-22-47-33-20-16-27(17-21-33)31-24-42-36(43-25-31)30-12-10-26(11-13-30)23-34(37(45)46)44-35(28-8-7-9-28)29-14-18-32(19-15-29)38(39,40)41/h10-21,24-25,34,44H,2-9,22-23H2,1H3,(H,45,46). The van der Waals surface area contributed by atoms with E-state index in [0.29, 0.717) is 17.1 Å². The summed E-state index contributed by atoms with van der Waals surface area (Å²) in [5, 5.41) is 13.2. The van der Waals surface area contributed by atoms with E-state index in [2.05, 4.69) is 22.2 Å². The molecule has 5 rings (SSSR count). The van der Waals surface area contributed by atoms with Crippen LogP contribution in [0.3, 0.4) is 0 Å². The fourth-order valence-corrected chi connectivity index (χ4v) is 5.48. The van der Waals surface area contributed by atoms with Crippen molar-refractivity contribution in [2.45, 2.75) is 76.9 Å². The smallest absolute Gasteiger partial charge is 0.416 e. The first-order chi connectivity index (χ1) is 22.7. The Morgan fingerprint density at radius 2 is 1.49 bits per heavy atom. The van der Waals surface area contributed by atoms with Crippen LogP contribution in [0.5, 0.6) is 5.75 Å². The van der Waals surface area contributed by atoms with Gasteiger partial charge in [-0.1, -0.05) is 81.1 Å². The second-order valence-corrected chi connectivity index (χ2v) is 11.9. The molecule has 0 radical (unpaired) electrons. The molecule has 1 aromatic heterocycles. The largest absolute Gasteiger partial charge is 0.494 e. The van der Waals surface area contributed by atoms with Crippen molar-refractivity contribution in [2.75, 3.05) is 6.61 Å². The van der Waals surface area contributed by atoms with E-state index in [9.17, 15) is 23.1 Å². The van der Waals surface area contributed by atoms with Gasteiger partial charge in [-0.15, -0.1) is 0 Å². The molecule has 1 heterocycles. The highest BCUT2D eigenvalue weighted by atomic mass is 19.4. The summed E-state index contributed by atoms with van der Waals surface area (Å²) in [6.07, 6.45) is 7.82. The van der Waals surface area contributed by atoms with Crippen LogP contribution in [0.15, 0.2) is 90.8 Å². The summed E-state index contributed by atoms with van der Waals surface area (Å²) in [6.45, 7) is 2.92. The average molecular weight is 644 g/mol. The SMILES string of the molecule is CCCCCCCOc1ccc(-c2cnc(-c3ccc(CC(NC(=C4CCC4)c4ccc(C(F)(F)F)cc4)C(=O)O)cc3)nc2)cc1. The van der Waals surface area contributed by atoms with E-state index in [0.717, 1.165) is 78.0 Å². The van der Waals surface area contributed by atoms with Crippen molar-refractivity contribution in [2.24, 2.45) is 0 Å². The first-order valence-corrected chi connectivity index (χ1v) is 16.2. The molecule has 0 bridgehead atoms. The maximum Gasteiger partial charge on any atom is 0.416 e. The molecule has 0 saturated heterocycles. The average Bonchev–Trinajstić information content (AvgIpc) is 3.05. The molecule has 6 nitrogen and oxygen atoms in total. The Balaban J connectivity index is 1.20. The Kier molecular flexibility index (Phi) is 11.3. The molecular weight excluding hydrogens is 603 g/mol. The number of aliphatic carboxylic acids is 1. The number of halogens is 3. The van der Waals surface area contributed by atoms with Gasteiger partial charge in [0.25, 0.3) is 0 Å². The van der Waals surface area contributed by atoms with E-state index in [1.165, 1.54) is 37.8 Å². The molecule has 1 atom stereocenters. The second-order valence-electron chi connectivity index (χ2n) is 11.9. The van der Waals surface area contributed by atoms with Gasteiger partial charge in [0, 0.05) is 35.6 Å². The van der Waals surface area contributed by atoms with Crippen molar-refractivity contribution >= 4 is 11.7 Å². The maximum atomic E-state index is 13.1. The van der Waals surface area contributed by atoms with Gasteiger partial charge >= 0.3 is 12.1 Å². The third-order valence-corrected chi connectivity index (χ3v) is 8.44. The minimum atomic E-state index is -4.44. The molecule has 1 unspecified atom stereocenters. The lowest BCUT2D eigenvalue weighted by atomic mass is 9.87. The highest BCUT2D eigenvalue weighted by molar-refractivity contribution is 5.79. The first-order valence-electron chi connectivity index (χ1n) is 16.2. The molecule has 0 spiro atoms. The van der Waals surface area contributed by atoms with Crippen molar-refractivity contribution in [1.29, 1.82) is 0 Å². The van der Waals surface area contributed by atoms with Gasteiger partial charge < -0.3 is 15.2 Å². The van der Waals surface area contributed by atoms with E-state index < -0.39 is 23.8 Å². The number of hydrogen-bond donors (Lipinski definition) is 2.